The summed E-state index contributed by atoms with van der Waals surface area (Å²) in [5.74, 6) is 3.68. The summed E-state index contributed by atoms with van der Waals surface area (Å²) in [5, 5.41) is 9.45. The average Bonchev–Trinajstić information content (AvgIpc) is 2.82. The van der Waals surface area contributed by atoms with E-state index in [-0.39, 0.29) is 6.61 Å². The molecule has 4 aliphatic carbocycles. The van der Waals surface area contributed by atoms with Crippen LogP contribution in [0.2, 0.25) is 0 Å². The van der Waals surface area contributed by atoms with Crippen molar-refractivity contribution in [3.8, 4) is 0 Å². The van der Waals surface area contributed by atoms with Crippen LogP contribution in [0.1, 0.15) is 50.1 Å². The quantitative estimate of drug-likeness (QED) is 0.878. The van der Waals surface area contributed by atoms with Crippen molar-refractivity contribution in [3.05, 3.63) is 17.8 Å². The SMILES string of the molecule is Cc1nc(CN(CCO)CC23CC4CC(CC(C4)C2)C3)co1. The van der Waals surface area contributed by atoms with E-state index in [1.807, 2.05) is 6.92 Å². The van der Waals surface area contributed by atoms with Crippen LogP contribution in [-0.2, 0) is 6.54 Å². The summed E-state index contributed by atoms with van der Waals surface area (Å²) in [6, 6.07) is 0. The smallest absolute Gasteiger partial charge is 0.191 e. The molecule has 0 atom stereocenters. The predicted octanol–water partition coefficient (Wildman–Crippen LogP) is 2.99. The molecular weight excluding hydrogens is 276 g/mol. The molecule has 0 amide bonds. The third-order valence-electron chi connectivity index (χ3n) is 6.19. The maximum atomic E-state index is 9.45. The monoisotopic (exact) mass is 304 g/mol. The molecule has 4 heteroatoms. The van der Waals surface area contributed by atoms with Gasteiger partial charge < -0.3 is 9.52 Å². The molecule has 0 aromatic carbocycles. The number of aryl methyl sites for hydroxylation is 1. The predicted molar refractivity (Wildman–Crippen MR) is 84.2 cm³/mol. The number of aliphatic hydroxyl groups is 1. The van der Waals surface area contributed by atoms with Crippen molar-refractivity contribution in [3.63, 3.8) is 0 Å². The van der Waals surface area contributed by atoms with E-state index in [0.29, 0.717) is 5.41 Å². The van der Waals surface area contributed by atoms with Crippen molar-refractivity contribution in [1.82, 2.24) is 9.88 Å². The van der Waals surface area contributed by atoms with Crippen LogP contribution in [0.4, 0.5) is 0 Å². The van der Waals surface area contributed by atoms with Gasteiger partial charge in [0, 0.05) is 26.6 Å². The summed E-state index contributed by atoms with van der Waals surface area (Å²) >= 11 is 0. The second kappa shape index (κ2) is 5.64. The highest BCUT2D eigenvalue weighted by Gasteiger charge is 2.51. The lowest BCUT2D eigenvalue weighted by Crippen LogP contribution is -2.51. The Kier molecular flexibility index (Phi) is 3.77. The van der Waals surface area contributed by atoms with Gasteiger partial charge in [-0.3, -0.25) is 4.90 Å². The van der Waals surface area contributed by atoms with E-state index >= 15 is 0 Å². The van der Waals surface area contributed by atoms with Crippen LogP contribution < -0.4 is 0 Å². The van der Waals surface area contributed by atoms with Gasteiger partial charge in [-0.25, -0.2) is 4.98 Å². The Morgan fingerprint density at radius 2 is 1.86 bits per heavy atom. The molecule has 4 saturated carbocycles. The normalized spacial score (nSPS) is 36.4. The molecule has 4 fully saturated rings. The van der Waals surface area contributed by atoms with Gasteiger partial charge in [0.25, 0.3) is 0 Å². The largest absolute Gasteiger partial charge is 0.449 e. The van der Waals surface area contributed by atoms with E-state index in [1.54, 1.807) is 6.26 Å². The van der Waals surface area contributed by atoms with E-state index < -0.39 is 0 Å². The van der Waals surface area contributed by atoms with Gasteiger partial charge in [-0.15, -0.1) is 0 Å². The summed E-state index contributed by atoms with van der Waals surface area (Å²) in [7, 11) is 0. The molecule has 4 bridgehead atoms. The number of hydrogen-bond acceptors (Lipinski definition) is 4. The number of aromatic nitrogens is 1. The molecule has 1 heterocycles. The topological polar surface area (TPSA) is 49.5 Å². The Morgan fingerprint density at radius 1 is 1.23 bits per heavy atom. The summed E-state index contributed by atoms with van der Waals surface area (Å²) in [4.78, 5) is 6.84. The Hall–Kier alpha value is -0.870. The van der Waals surface area contributed by atoms with E-state index in [4.69, 9.17) is 4.42 Å². The van der Waals surface area contributed by atoms with Gasteiger partial charge >= 0.3 is 0 Å². The maximum absolute atomic E-state index is 9.45. The van der Waals surface area contributed by atoms with Crippen molar-refractivity contribution >= 4 is 0 Å². The molecule has 122 valence electrons. The molecule has 0 unspecified atom stereocenters. The first-order valence-corrected chi connectivity index (χ1v) is 8.88. The van der Waals surface area contributed by atoms with E-state index in [2.05, 4.69) is 9.88 Å². The molecule has 22 heavy (non-hydrogen) atoms. The number of aliphatic hydroxyl groups excluding tert-OH is 1. The molecule has 4 nitrogen and oxygen atoms in total. The highest BCUT2D eigenvalue weighted by molar-refractivity contribution is 5.03. The fourth-order valence-electron chi connectivity index (χ4n) is 6.02. The van der Waals surface area contributed by atoms with Gasteiger partial charge in [0.05, 0.1) is 12.3 Å². The zero-order valence-corrected chi connectivity index (χ0v) is 13.6. The molecule has 0 aliphatic heterocycles. The van der Waals surface area contributed by atoms with Gasteiger partial charge in [0.1, 0.15) is 6.26 Å². The zero-order chi connectivity index (χ0) is 15.2. The van der Waals surface area contributed by atoms with E-state index in [1.165, 1.54) is 38.5 Å². The second-order valence-corrected chi connectivity index (χ2v) is 8.21. The average molecular weight is 304 g/mol. The Labute approximate surface area is 132 Å². The summed E-state index contributed by atoms with van der Waals surface area (Å²) in [6.45, 7) is 4.79. The van der Waals surface area contributed by atoms with Crippen LogP contribution >= 0.6 is 0 Å². The number of nitrogens with zero attached hydrogens (tertiary/aromatic N) is 2. The fourth-order valence-corrected chi connectivity index (χ4v) is 6.02. The second-order valence-electron chi connectivity index (χ2n) is 8.21. The van der Waals surface area contributed by atoms with Crippen molar-refractivity contribution in [2.24, 2.45) is 23.2 Å². The molecular formula is C18H28N2O2. The minimum atomic E-state index is 0.225. The van der Waals surface area contributed by atoms with E-state index in [0.717, 1.165) is 49.0 Å². The van der Waals surface area contributed by atoms with Crippen molar-refractivity contribution < 1.29 is 9.52 Å². The summed E-state index contributed by atoms with van der Waals surface area (Å²) < 4.78 is 5.34. The molecule has 0 radical (unpaired) electrons. The minimum Gasteiger partial charge on any atom is -0.449 e. The highest BCUT2D eigenvalue weighted by atomic mass is 16.3. The van der Waals surface area contributed by atoms with E-state index in [9.17, 15) is 5.11 Å². The van der Waals surface area contributed by atoms with Gasteiger partial charge in [-0.2, -0.15) is 0 Å². The van der Waals surface area contributed by atoms with Gasteiger partial charge in [0.2, 0.25) is 0 Å². The lowest BCUT2D eigenvalue weighted by molar-refractivity contribution is -0.0715. The molecule has 1 N–H and O–H groups in total. The molecule has 4 aliphatic rings. The van der Waals surface area contributed by atoms with Crippen LogP contribution in [0.3, 0.4) is 0 Å². The first-order chi connectivity index (χ1) is 10.6. The first-order valence-electron chi connectivity index (χ1n) is 8.88. The lowest BCUT2D eigenvalue weighted by atomic mass is 9.49. The molecule has 5 rings (SSSR count). The molecule has 0 spiro atoms. The maximum Gasteiger partial charge on any atom is 0.191 e. The Morgan fingerprint density at radius 3 is 2.36 bits per heavy atom. The number of hydrogen-bond donors (Lipinski definition) is 1. The molecule has 0 saturated heterocycles. The van der Waals surface area contributed by atoms with Crippen LogP contribution in [0.5, 0.6) is 0 Å². The summed E-state index contributed by atoms with van der Waals surface area (Å²) in [5.41, 5.74) is 1.51. The van der Waals surface area contributed by atoms with Crippen molar-refractivity contribution in [1.29, 1.82) is 0 Å². The Balaban J connectivity index is 1.47. The van der Waals surface area contributed by atoms with Crippen LogP contribution in [0.15, 0.2) is 10.7 Å². The van der Waals surface area contributed by atoms with Gasteiger partial charge in [0.15, 0.2) is 5.89 Å². The van der Waals surface area contributed by atoms with Crippen LogP contribution in [0.25, 0.3) is 0 Å². The van der Waals surface area contributed by atoms with Gasteiger partial charge in [-0.05, 0) is 61.7 Å². The number of rotatable bonds is 6. The van der Waals surface area contributed by atoms with Crippen molar-refractivity contribution in [2.75, 3.05) is 19.7 Å². The third-order valence-corrected chi connectivity index (χ3v) is 6.19. The Bertz CT molecular complexity index is 490. The lowest BCUT2D eigenvalue weighted by Gasteiger charge is -2.58. The van der Waals surface area contributed by atoms with Crippen LogP contribution in [0, 0.1) is 30.1 Å². The van der Waals surface area contributed by atoms with Crippen LogP contribution in [-0.4, -0.2) is 34.7 Å². The fraction of sp³-hybridized carbons (Fsp3) is 0.833. The number of oxazole rings is 1. The molecule has 1 aromatic rings. The van der Waals surface area contributed by atoms with Gasteiger partial charge in [-0.1, -0.05) is 0 Å². The minimum absolute atomic E-state index is 0.225. The summed E-state index contributed by atoms with van der Waals surface area (Å²) in [6.07, 6.45) is 10.5. The molecule has 1 aromatic heterocycles. The zero-order valence-electron chi connectivity index (χ0n) is 13.6. The van der Waals surface area contributed by atoms with Crippen molar-refractivity contribution in [2.45, 2.75) is 52.0 Å². The first kappa shape index (κ1) is 14.7. The highest BCUT2D eigenvalue weighted by Crippen LogP contribution is 2.60. The standard InChI is InChI=1S/C18H28N2O2/c1-13-19-17(11-22-13)10-20(2-3-21)12-18-7-14-4-15(8-18)6-16(5-14)9-18/h11,14-16,21H,2-10,12H2,1H3. The third kappa shape index (κ3) is 2.83.